The van der Waals surface area contributed by atoms with Gasteiger partial charge in [-0.1, -0.05) is 6.92 Å². The molecule has 0 aliphatic carbocycles. The summed E-state index contributed by atoms with van der Waals surface area (Å²) in [6.07, 6.45) is -2.22. The zero-order valence-electron chi connectivity index (χ0n) is 7.47. The first-order valence-electron chi connectivity index (χ1n) is 4.23. The summed E-state index contributed by atoms with van der Waals surface area (Å²) in [6, 6.07) is 0. The summed E-state index contributed by atoms with van der Waals surface area (Å²) < 4.78 is -0.727. The smallest absolute Gasteiger partial charge is 0.232 e. The Kier molecular flexibility index (Phi) is 2.70. The highest BCUT2D eigenvalue weighted by Gasteiger charge is 2.44. The molecule has 1 rings (SSSR count). The first-order valence-corrected chi connectivity index (χ1v) is 4.23. The van der Waals surface area contributed by atoms with Crippen molar-refractivity contribution in [3.63, 3.8) is 0 Å². The molecular formula is C7H16N2O3. The number of aliphatic hydroxyl groups excluding tert-OH is 2. The van der Waals surface area contributed by atoms with Crippen molar-refractivity contribution in [2.24, 2.45) is 0 Å². The Labute approximate surface area is 72.0 Å². The molecule has 1 saturated heterocycles. The quantitative estimate of drug-likeness (QED) is 0.429. The van der Waals surface area contributed by atoms with E-state index in [9.17, 15) is 15.4 Å². The standard InChI is InChI=1S/C7H16N2O3/c1-3-8-5-9(12,4-2)7(11)6(8)10/h6-7,10-11H,3-5H2,1-2H3. The lowest BCUT2D eigenvalue weighted by Crippen LogP contribution is -2.48. The molecule has 1 aliphatic heterocycles. The van der Waals surface area contributed by atoms with Crippen LogP contribution in [0.25, 0.3) is 0 Å². The predicted octanol–water partition coefficient (Wildman–Crippen LogP) is -0.749. The van der Waals surface area contributed by atoms with Crippen molar-refractivity contribution in [2.75, 3.05) is 19.8 Å². The van der Waals surface area contributed by atoms with E-state index in [4.69, 9.17) is 0 Å². The molecule has 72 valence electrons. The van der Waals surface area contributed by atoms with E-state index in [0.29, 0.717) is 6.54 Å². The van der Waals surface area contributed by atoms with Crippen molar-refractivity contribution in [1.29, 1.82) is 0 Å². The molecule has 0 spiro atoms. The molecular weight excluding hydrogens is 160 g/mol. The van der Waals surface area contributed by atoms with Gasteiger partial charge < -0.3 is 20.1 Å². The third-order valence-electron chi connectivity index (χ3n) is 2.49. The predicted molar refractivity (Wildman–Crippen MR) is 43.4 cm³/mol. The zero-order chi connectivity index (χ0) is 9.35. The summed E-state index contributed by atoms with van der Waals surface area (Å²) in [6.45, 7) is 4.61. The van der Waals surface area contributed by atoms with Crippen molar-refractivity contribution >= 4 is 0 Å². The molecule has 3 unspecified atom stereocenters. The van der Waals surface area contributed by atoms with E-state index in [0.717, 1.165) is 0 Å². The van der Waals surface area contributed by atoms with Crippen molar-refractivity contribution in [1.82, 2.24) is 4.90 Å². The van der Waals surface area contributed by atoms with Crippen LogP contribution in [0.2, 0.25) is 0 Å². The van der Waals surface area contributed by atoms with Crippen LogP contribution in [0.1, 0.15) is 13.8 Å². The Hall–Kier alpha value is -0.200. The number of likely N-dealkylation sites (N-methyl/N-ethyl adjacent to an activating group) is 2. The Morgan fingerprint density at radius 2 is 2.08 bits per heavy atom. The van der Waals surface area contributed by atoms with E-state index in [-0.39, 0.29) is 13.2 Å². The lowest BCUT2D eigenvalue weighted by atomic mass is 10.4. The minimum Gasteiger partial charge on any atom is -0.630 e. The van der Waals surface area contributed by atoms with Crippen LogP contribution in [-0.2, 0) is 0 Å². The van der Waals surface area contributed by atoms with Gasteiger partial charge in [-0.2, -0.15) is 0 Å². The van der Waals surface area contributed by atoms with Gasteiger partial charge in [-0.15, -0.1) is 0 Å². The van der Waals surface area contributed by atoms with Crippen LogP contribution in [0.5, 0.6) is 0 Å². The summed E-state index contributed by atoms with van der Waals surface area (Å²) in [4.78, 5) is 1.57. The highest BCUT2D eigenvalue weighted by Crippen LogP contribution is 2.24. The summed E-state index contributed by atoms with van der Waals surface area (Å²) in [7, 11) is 0. The molecule has 0 bridgehead atoms. The van der Waals surface area contributed by atoms with Gasteiger partial charge in [-0.25, -0.2) is 4.90 Å². The Morgan fingerprint density at radius 1 is 1.50 bits per heavy atom. The highest BCUT2D eigenvalue weighted by atomic mass is 16.6. The molecule has 5 nitrogen and oxygen atoms in total. The van der Waals surface area contributed by atoms with Crippen molar-refractivity contribution < 1.29 is 14.9 Å². The fourth-order valence-corrected chi connectivity index (χ4v) is 1.48. The van der Waals surface area contributed by atoms with Gasteiger partial charge >= 0.3 is 0 Å². The molecule has 0 saturated carbocycles. The first kappa shape index (κ1) is 9.88. The topological polar surface area (TPSA) is 66.8 Å². The summed E-state index contributed by atoms with van der Waals surface area (Å²) >= 11 is 0. The maximum Gasteiger partial charge on any atom is 0.232 e. The number of rotatable bonds is 2. The maximum absolute atomic E-state index is 11.7. The summed E-state index contributed by atoms with van der Waals surface area (Å²) in [5, 5.41) is 30.4. The van der Waals surface area contributed by atoms with Gasteiger partial charge in [0.05, 0.1) is 6.54 Å². The van der Waals surface area contributed by atoms with Gasteiger partial charge in [0.1, 0.15) is 6.67 Å². The van der Waals surface area contributed by atoms with Crippen LogP contribution in [0.15, 0.2) is 0 Å². The maximum atomic E-state index is 11.7. The molecule has 1 fully saturated rings. The number of quaternary nitrogens is 1. The number of hydrogen-bond donors (Lipinski definition) is 2. The van der Waals surface area contributed by atoms with Gasteiger partial charge in [0.25, 0.3) is 0 Å². The molecule has 5 heteroatoms. The van der Waals surface area contributed by atoms with Gasteiger partial charge in [0, 0.05) is 6.54 Å². The average Bonchev–Trinajstić information content (AvgIpc) is 2.31. The lowest BCUT2D eigenvalue weighted by Gasteiger charge is -2.39. The monoisotopic (exact) mass is 176 g/mol. The average molecular weight is 176 g/mol. The van der Waals surface area contributed by atoms with E-state index in [1.165, 1.54) is 0 Å². The molecule has 0 aromatic heterocycles. The molecule has 0 amide bonds. The molecule has 0 aromatic rings. The SMILES string of the molecule is CCN1C[N+]([O-])(CC)C(O)C1O. The summed E-state index contributed by atoms with van der Waals surface area (Å²) in [5.41, 5.74) is 0. The number of hydroxylamine groups is 3. The van der Waals surface area contributed by atoms with Crippen molar-refractivity contribution in [3.05, 3.63) is 5.21 Å². The zero-order valence-corrected chi connectivity index (χ0v) is 7.47. The second kappa shape index (κ2) is 3.27. The van der Waals surface area contributed by atoms with E-state index < -0.39 is 17.1 Å². The normalized spacial score (nSPS) is 43.8. The molecule has 0 aromatic carbocycles. The third kappa shape index (κ3) is 1.34. The van der Waals surface area contributed by atoms with Gasteiger partial charge in [0.15, 0.2) is 6.23 Å². The largest absolute Gasteiger partial charge is 0.630 e. The second-order valence-electron chi connectivity index (χ2n) is 3.14. The van der Waals surface area contributed by atoms with Crippen molar-refractivity contribution in [2.45, 2.75) is 26.3 Å². The Morgan fingerprint density at radius 3 is 2.33 bits per heavy atom. The highest BCUT2D eigenvalue weighted by molar-refractivity contribution is 4.69. The number of nitrogens with zero attached hydrogens (tertiary/aromatic N) is 2. The minimum atomic E-state index is -1.21. The molecule has 12 heavy (non-hydrogen) atoms. The molecule has 0 radical (unpaired) electrons. The lowest BCUT2D eigenvalue weighted by molar-refractivity contribution is -0.917. The number of hydrogen-bond acceptors (Lipinski definition) is 4. The van der Waals surface area contributed by atoms with Crippen LogP contribution >= 0.6 is 0 Å². The number of aliphatic hydroxyl groups is 2. The molecule has 2 N–H and O–H groups in total. The van der Waals surface area contributed by atoms with E-state index >= 15 is 0 Å². The second-order valence-corrected chi connectivity index (χ2v) is 3.14. The third-order valence-corrected chi connectivity index (χ3v) is 2.49. The molecule has 3 atom stereocenters. The Balaban J connectivity index is 2.72. The molecule has 1 heterocycles. The fraction of sp³-hybridized carbons (Fsp3) is 1.00. The van der Waals surface area contributed by atoms with Gasteiger partial charge in [-0.3, -0.25) is 0 Å². The minimum absolute atomic E-state index is 0.176. The van der Waals surface area contributed by atoms with Crippen LogP contribution in [0.3, 0.4) is 0 Å². The Bertz CT molecular complexity index is 167. The summed E-state index contributed by atoms with van der Waals surface area (Å²) in [5.74, 6) is 0. The first-order chi connectivity index (χ1) is 5.55. The van der Waals surface area contributed by atoms with Crippen molar-refractivity contribution in [3.8, 4) is 0 Å². The fourth-order valence-electron chi connectivity index (χ4n) is 1.48. The molecule has 1 aliphatic rings. The van der Waals surface area contributed by atoms with Crippen LogP contribution in [0.4, 0.5) is 0 Å². The van der Waals surface area contributed by atoms with Crippen LogP contribution < -0.4 is 0 Å². The van der Waals surface area contributed by atoms with Crippen LogP contribution in [0, 0.1) is 5.21 Å². The van der Waals surface area contributed by atoms with E-state index in [1.54, 1.807) is 11.8 Å². The van der Waals surface area contributed by atoms with E-state index in [2.05, 4.69) is 0 Å². The van der Waals surface area contributed by atoms with Gasteiger partial charge in [-0.05, 0) is 6.92 Å². The van der Waals surface area contributed by atoms with Crippen LogP contribution in [-0.4, -0.2) is 52.0 Å². The van der Waals surface area contributed by atoms with E-state index in [1.807, 2.05) is 6.92 Å². The van der Waals surface area contributed by atoms with Gasteiger partial charge in [0.2, 0.25) is 6.23 Å².